The van der Waals surface area contributed by atoms with Gasteiger partial charge in [-0.25, -0.2) is 8.42 Å². The zero-order chi connectivity index (χ0) is 15.6. The van der Waals surface area contributed by atoms with Crippen molar-refractivity contribution in [2.75, 3.05) is 16.6 Å². The standard InChI is InChI=1S/C14H14BrClN2O2S/c1-2-18(12-6-4-11(17)5-7-12)21(19,20)14-8-3-10(15)9-13(14)16/h3-9H,2,17H2,1H3. The second kappa shape index (κ2) is 6.25. The summed E-state index contributed by atoms with van der Waals surface area (Å²) >= 11 is 9.34. The fourth-order valence-electron chi connectivity index (χ4n) is 1.94. The highest BCUT2D eigenvalue weighted by atomic mass is 79.9. The molecule has 0 spiro atoms. The molecule has 2 rings (SSSR count). The summed E-state index contributed by atoms with van der Waals surface area (Å²) in [5, 5.41) is 0.179. The number of hydrogen-bond donors (Lipinski definition) is 1. The second-order valence-corrected chi connectivity index (χ2v) is 7.49. The molecule has 0 aliphatic rings. The number of nitrogen functional groups attached to an aromatic ring is 1. The number of anilines is 2. The number of nitrogens with zero attached hydrogens (tertiary/aromatic N) is 1. The van der Waals surface area contributed by atoms with E-state index < -0.39 is 10.0 Å². The summed E-state index contributed by atoms with van der Waals surface area (Å²) in [5.41, 5.74) is 6.76. The van der Waals surface area contributed by atoms with Gasteiger partial charge in [-0.2, -0.15) is 0 Å². The van der Waals surface area contributed by atoms with Gasteiger partial charge < -0.3 is 5.73 Å². The Morgan fingerprint density at radius 1 is 1.19 bits per heavy atom. The van der Waals surface area contributed by atoms with Crippen molar-refractivity contribution < 1.29 is 8.42 Å². The molecular formula is C14H14BrClN2O2S. The predicted octanol–water partition coefficient (Wildman–Crippen LogP) is 3.90. The van der Waals surface area contributed by atoms with Crippen molar-refractivity contribution in [2.24, 2.45) is 0 Å². The highest BCUT2D eigenvalue weighted by Crippen LogP contribution is 2.30. The fraction of sp³-hybridized carbons (Fsp3) is 0.143. The zero-order valence-corrected chi connectivity index (χ0v) is 14.4. The lowest BCUT2D eigenvalue weighted by Crippen LogP contribution is -2.31. The Bertz CT molecular complexity index is 748. The molecule has 112 valence electrons. The van der Waals surface area contributed by atoms with Crippen LogP contribution in [0.2, 0.25) is 5.02 Å². The summed E-state index contributed by atoms with van der Waals surface area (Å²) in [6.45, 7) is 2.05. The molecule has 0 saturated heterocycles. The molecule has 7 heteroatoms. The third-order valence-corrected chi connectivity index (χ3v) is 5.81. The van der Waals surface area contributed by atoms with Crippen molar-refractivity contribution in [2.45, 2.75) is 11.8 Å². The smallest absolute Gasteiger partial charge is 0.265 e. The molecule has 0 atom stereocenters. The summed E-state index contributed by atoms with van der Waals surface area (Å²) in [7, 11) is -3.72. The quantitative estimate of drug-likeness (QED) is 0.807. The van der Waals surface area contributed by atoms with Crippen LogP contribution in [0.1, 0.15) is 6.92 Å². The maximum absolute atomic E-state index is 12.8. The fourth-order valence-corrected chi connectivity index (χ4v) is 4.42. The van der Waals surface area contributed by atoms with Gasteiger partial charge in [0.2, 0.25) is 0 Å². The third kappa shape index (κ3) is 3.33. The monoisotopic (exact) mass is 388 g/mol. The number of rotatable bonds is 4. The van der Waals surface area contributed by atoms with E-state index in [1.165, 1.54) is 10.4 Å². The number of hydrogen-bond acceptors (Lipinski definition) is 3. The minimum atomic E-state index is -3.72. The van der Waals surface area contributed by atoms with Gasteiger partial charge in [0, 0.05) is 16.7 Å². The Labute approximate surface area is 137 Å². The van der Waals surface area contributed by atoms with Crippen molar-refractivity contribution in [3.63, 3.8) is 0 Å². The summed E-state index contributed by atoms with van der Waals surface area (Å²) in [5.74, 6) is 0. The molecule has 0 unspecified atom stereocenters. The van der Waals surface area contributed by atoms with Gasteiger partial charge in [0.15, 0.2) is 0 Å². The Kier molecular flexibility index (Phi) is 4.81. The van der Waals surface area contributed by atoms with Crippen molar-refractivity contribution in [3.05, 3.63) is 52.0 Å². The molecule has 0 heterocycles. The first kappa shape index (κ1) is 16.1. The predicted molar refractivity (Wildman–Crippen MR) is 90.2 cm³/mol. The lowest BCUT2D eigenvalue weighted by atomic mass is 10.3. The molecule has 0 fully saturated rings. The van der Waals surface area contributed by atoms with E-state index in [1.54, 1.807) is 43.3 Å². The SMILES string of the molecule is CCN(c1ccc(N)cc1)S(=O)(=O)c1ccc(Br)cc1Cl. The molecule has 21 heavy (non-hydrogen) atoms. The van der Waals surface area contributed by atoms with Crippen LogP contribution >= 0.6 is 27.5 Å². The average Bonchev–Trinajstić information content (AvgIpc) is 2.41. The van der Waals surface area contributed by atoms with Gasteiger partial charge in [-0.15, -0.1) is 0 Å². The molecule has 0 radical (unpaired) electrons. The number of benzene rings is 2. The van der Waals surface area contributed by atoms with Gasteiger partial charge in [0.25, 0.3) is 10.0 Å². The molecule has 4 nitrogen and oxygen atoms in total. The van der Waals surface area contributed by atoms with Crippen LogP contribution in [0.5, 0.6) is 0 Å². The van der Waals surface area contributed by atoms with Crippen LogP contribution in [0, 0.1) is 0 Å². The van der Waals surface area contributed by atoms with Gasteiger partial charge >= 0.3 is 0 Å². The van der Waals surface area contributed by atoms with Crippen LogP contribution in [0.3, 0.4) is 0 Å². The molecule has 2 aromatic carbocycles. The Morgan fingerprint density at radius 2 is 1.81 bits per heavy atom. The molecule has 0 bridgehead atoms. The zero-order valence-electron chi connectivity index (χ0n) is 11.3. The first-order valence-corrected chi connectivity index (χ1v) is 8.80. The van der Waals surface area contributed by atoms with E-state index in [2.05, 4.69) is 15.9 Å². The van der Waals surface area contributed by atoms with E-state index >= 15 is 0 Å². The van der Waals surface area contributed by atoms with E-state index in [0.29, 0.717) is 17.9 Å². The van der Waals surface area contributed by atoms with Gasteiger partial charge in [0.1, 0.15) is 4.90 Å². The van der Waals surface area contributed by atoms with Crippen molar-refractivity contribution >= 4 is 48.9 Å². The summed E-state index contributed by atoms with van der Waals surface area (Å²) in [4.78, 5) is 0.0750. The molecule has 0 aromatic heterocycles. The summed E-state index contributed by atoms with van der Waals surface area (Å²) < 4.78 is 27.6. The maximum Gasteiger partial charge on any atom is 0.265 e. The first-order chi connectivity index (χ1) is 9.86. The first-order valence-electron chi connectivity index (χ1n) is 6.19. The van der Waals surface area contributed by atoms with Crippen LogP contribution < -0.4 is 10.0 Å². The molecule has 0 aliphatic heterocycles. The molecule has 2 aromatic rings. The third-order valence-electron chi connectivity index (χ3n) is 2.93. The van der Waals surface area contributed by atoms with Crippen LogP contribution in [-0.2, 0) is 10.0 Å². The van der Waals surface area contributed by atoms with Crippen molar-refractivity contribution in [3.8, 4) is 0 Å². The maximum atomic E-state index is 12.8. The van der Waals surface area contributed by atoms with Crippen molar-refractivity contribution in [1.82, 2.24) is 0 Å². The van der Waals surface area contributed by atoms with Crippen LogP contribution in [0.25, 0.3) is 0 Å². The van der Waals surface area contributed by atoms with Gasteiger partial charge in [0.05, 0.1) is 10.7 Å². The number of sulfonamides is 1. The van der Waals surface area contributed by atoms with Gasteiger partial charge in [-0.3, -0.25) is 4.31 Å². The Balaban J connectivity index is 2.51. The highest BCUT2D eigenvalue weighted by molar-refractivity contribution is 9.10. The largest absolute Gasteiger partial charge is 0.399 e. The van der Waals surface area contributed by atoms with Gasteiger partial charge in [-0.1, -0.05) is 27.5 Å². The lowest BCUT2D eigenvalue weighted by molar-refractivity contribution is 0.592. The van der Waals surface area contributed by atoms with E-state index in [4.69, 9.17) is 17.3 Å². The summed E-state index contributed by atoms with van der Waals surface area (Å²) in [6.07, 6.45) is 0. The van der Waals surface area contributed by atoms with E-state index in [0.717, 1.165) is 4.47 Å². The van der Waals surface area contributed by atoms with E-state index in [9.17, 15) is 8.42 Å². The Morgan fingerprint density at radius 3 is 2.33 bits per heavy atom. The van der Waals surface area contributed by atoms with Crippen LogP contribution in [-0.4, -0.2) is 15.0 Å². The lowest BCUT2D eigenvalue weighted by Gasteiger charge is -2.23. The molecule has 2 N–H and O–H groups in total. The van der Waals surface area contributed by atoms with Crippen molar-refractivity contribution in [1.29, 1.82) is 0 Å². The molecule has 0 amide bonds. The van der Waals surface area contributed by atoms with Gasteiger partial charge in [-0.05, 0) is 49.4 Å². The molecule has 0 aliphatic carbocycles. The van der Waals surface area contributed by atoms with E-state index in [1.807, 2.05) is 0 Å². The number of nitrogens with two attached hydrogens (primary N) is 1. The Hall–Kier alpha value is -1.24. The van der Waals surface area contributed by atoms with Crippen LogP contribution in [0.4, 0.5) is 11.4 Å². The van der Waals surface area contributed by atoms with Crippen LogP contribution in [0.15, 0.2) is 51.8 Å². The highest BCUT2D eigenvalue weighted by Gasteiger charge is 2.26. The minimum absolute atomic E-state index is 0.0750. The normalized spacial score (nSPS) is 11.4. The average molecular weight is 390 g/mol. The minimum Gasteiger partial charge on any atom is -0.399 e. The summed E-state index contributed by atoms with van der Waals surface area (Å²) in [6, 6.07) is 11.4. The second-order valence-electron chi connectivity index (χ2n) is 4.34. The number of halogens is 2. The van der Waals surface area contributed by atoms with E-state index in [-0.39, 0.29) is 9.92 Å². The molecule has 0 saturated carbocycles. The topological polar surface area (TPSA) is 63.4 Å². The molecular weight excluding hydrogens is 376 g/mol.